The SMILES string of the molecule is O=S(=O)(Nc1cn2cnnc2c(Cl)c1Cc1ccc(I)cc1F)C1(CCO)CC1. The van der Waals surface area contributed by atoms with Crippen LogP contribution >= 0.6 is 34.2 Å². The lowest BCUT2D eigenvalue weighted by molar-refractivity contribution is 0.283. The van der Waals surface area contributed by atoms with Crippen molar-refractivity contribution in [3.63, 3.8) is 0 Å². The summed E-state index contributed by atoms with van der Waals surface area (Å²) in [4.78, 5) is 0. The molecule has 11 heteroatoms. The summed E-state index contributed by atoms with van der Waals surface area (Å²) in [6.07, 6.45) is 4.14. The second-order valence-corrected chi connectivity index (χ2v) is 10.8. The third-order valence-electron chi connectivity index (χ3n) is 5.20. The smallest absolute Gasteiger partial charge is 0.238 e. The Labute approximate surface area is 185 Å². The van der Waals surface area contributed by atoms with Crippen LogP contribution in [-0.2, 0) is 16.4 Å². The van der Waals surface area contributed by atoms with E-state index in [4.69, 9.17) is 11.6 Å². The Bertz CT molecular complexity index is 1200. The predicted octanol–water partition coefficient (Wildman–Crippen LogP) is 3.37. The maximum Gasteiger partial charge on any atom is 0.238 e. The topological polar surface area (TPSA) is 96.6 Å². The van der Waals surface area contributed by atoms with Crippen LogP contribution in [0.5, 0.6) is 0 Å². The van der Waals surface area contributed by atoms with E-state index in [1.807, 2.05) is 22.6 Å². The number of anilines is 1. The number of nitrogens with one attached hydrogen (secondary N) is 1. The van der Waals surface area contributed by atoms with Crippen molar-refractivity contribution >= 4 is 55.5 Å². The van der Waals surface area contributed by atoms with Crippen molar-refractivity contribution in [3.05, 3.63) is 56.3 Å². The van der Waals surface area contributed by atoms with E-state index in [0.717, 1.165) is 3.57 Å². The second kappa shape index (κ2) is 7.64. The van der Waals surface area contributed by atoms with Gasteiger partial charge in [-0.25, -0.2) is 12.8 Å². The molecule has 29 heavy (non-hydrogen) atoms. The molecule has 1 aliphatic rings. The normalized spacial score (nSPS) is 15.6. The summed E-state index contributed by atoms with van der Waals surface area (Å²) in [5.41, 5.74) is 1.39. The molecule has 3 aromatic rings. The van der Waals surface area contributed by atoms with E-state index in [2.05, 4.69) is 14.9 Å². The van der Waals surface area contributed by atoms with Gasteiger partial charge in [-0.2, -0.15) is 0 Å². The van der Waals surface area contributed by atoms with Gasteiger partial charge in [0.2, 0.25) is 10.0 Å². The number of aromatic nitrogens is 3. The summed E-state index contributed by atoms with van der Waals surface area (Å²) in [6, 6.07) is 4.82. The molecule has 2 N–H and O–H groups in total. The Kier molecular flexibility index (Phi) is 5.47. The monoisotopic (exact) mass is 550 g/mol. The van der Waals surface area contributed by atoms with E-state index in [1.54, 1.807) is 12.1 Å². The number of hydrogen-bond acceptors (Lipinski definition) is 5. The molecule has 1 fully saturated rings. The number of halogens is 3. The van der Waals surface area contributed by atoms with E-state index >= 15 is 0 Å². The molecule has 4 rings (SSSR count). The van der Waals surface area contributed by atoms with Crippen LogP contribution in [-0.4, -0.2) is 39.5 Å². The molecule has 0 bridgehead atoms. The lowest BCUT2D eigenvalue weighted by Gasteiger charge is -2.20. The molecule has 154 valence electrons. The first-order valence-electron chi connectivity index (χ1n) is 8.84. The van der Waals surface area contributed by atoms with Crippen LogP contribution in [0.3, 0.4) is 0 Å². The van der Waals surface area contributed by atoms with Crippen molar-refractivity contribution in [1.29, 1.82) is 0 Å². The maximum absolute atomic E-state index is 14.4. The van der Waals surface area contributed by atoms with Gasteiger partial charge in [0.1, 0.15) is 12.1 Å². The lowest BCUT2D eigenvalue weighted by atomic mass is 10.0. The van der Waals surface area contributed by atoms with Gasteiger partial charge in [-0.1, -0.05) is 17.7 Å². The molecule has 0 aliphatic heterocycles. The van der Waals surface area contributed by atoms with Crippen LogP contribution < -0.4 is 4.72 Å². The van der Waals surface area contributed by atoms with Crippen LogP contribution in [0, 0.1) is 9.39 Å². The Morgan fingerprint density at radius 1 is 1.38 bits per heavy atom. The van der Waals surface area contributed by atoms with Crippen molar-refractivity contribution in [1.82, 2.24) is 14.6 Å². The van der Waals surface area contributed by atoms with Gasteiger partial charge in [-0.05, 0) is 59.5 Å². The fourth-order valence-corrected chi connectivity index (χ4v) is 5.77. The lowest BCUT2D eigenvalue weighted by Crippen LogP contribution is -2.31. The number of sulfonamides is 1. The zero-order valence-corrected chi connectivity index (χ0v) is 18.8. The maximum atomic E-state index is 14.4. The highest BCUT2D eigenvalue weighted by atomic mass is 127. The number of pyridine rings is 1. The van der Waals surface area contributed by atoms with Crippen LogP contribution in [0.1, 0.15) is 30.4 Å². The average Bonchev–Trinajstić information content (AvgIpc) is 3.30. The highest BCUT2D eigenvalue weighted by molar-refractivity contribution is 14.1. The number of hydrogen-bond donors (Lipinski definition) is 2. The number of benzene rings is 1. The Balaban J connectivity index is 1.79. The molecular formula is C18H17ClFIN4O3S. The second-order valence-electron chi connectivity index (χ2n) is 7.07. The molecule has 2 aromatic heterocycles. The largest absolute Gasteiger partial charge is 0.396 e. The van der Waals surface area contributed by atoms with Crippen LogP contribution in [0.15, 0.2) is 30.7 Å². The Morgan fingerprint density at radius 3 is 2.79 bits per heavy atom. The van der Waals surface area contributed by atoms with Gasteiger partial charge in [0, 0.05) is 28.4 Å². The van der Waals surface area contributed by atoms with Gasteiger partial charge < -0.3 is 5.11 Å². The van der Waals surface area contributed by atoms with Crippen molar-refractivity contribution in [2.24, 2.45) is 0 Å². The van der Waals surface area contributed by atoms with Gasteiger partial charge in [0.25, 0.3) is 0 Å². The first-order valence-corrected chi connectivity index (χ1v) is 11.8. The average molecular weight is 551 g/mol. The zero-order chi connectivity index (χ0) is 20.8. The standard InChI is InChI=1S/C18H17ClFIN4O3S/c19-16-13(7-11-1-2-12(21)8-14(11)20)15(9-25-10-22-23-17(16)25)24-29(27,28)18(3-4-18)5-6-26/h1-2,8-10,24,26H,3-7H2. The predicted molar refractivity (Wildman–Crippen MR) is 116 cm³/mol. The summed E-state index contributed by atoms with van der Waals surface area (Å²) in [5.74, 6) is -0.401. The minimum atomic E-state index is -3.78. The molecular weight excluding hydrogens is 534 g/mol. The van der Waals surface area contributed by atoms with E-state index < -0.39 is 20.6 Å². The molecule has 2 heterocycles. The third kappa shape index (κ3) is 3.82. The number of rotatable bonds is 7. The van der Waals surface area contributed by atoms with Crippen molar-refractivity contribution in [2.45, 2.75) is 30.4 Å². The number of aliphatic hydroxyl groups is 1. The van der Waals surface area contributed by atoms with E-state index in [9.17, 15) is 17.9 Å². The van der Waals surface area contributed by atoms with E-state index in [-0.39, 0.29) is 30.2 Å². The summed E-state index contributed by atoms with van der Waals surface area (Å²) in [6.45, 7) is -0.215. The molecule has 0 unspecified atom stereocenters. The van der Waals surface area contributed by atoms with E-state index in [1.165, 1.54) is 23.0 Å². The van der Waals surface area contributed by atoms with Gasteiger partial charge in [-0.15, -0.1) is 10.2 Å². The highest BCUT2D eigenvalue weighted by Gasteiger charge is 2.54. The van der Waals surface area contributed by atoms with Gasteiger partial charge >= 0.3 is 0 Å². The molecule has 0 saturated heterocycles. The quantitative estimate of drug-likeness (QED) is 0.440. The molecule has 0 amide bonds. The van der Waals surface area contributed by atoms with Crippen molar-refractivity contribution in [3.8, 4) is 0 Å². The zero-order valence-electron chi connectivity index (χ0n) is 15.1. The van der Waals surface area contributed by atoms with Gasteiger partial charge in [0.15, 0.2) is 5.65 Å². The Hall–Kier alpha value is -1.50. The summed E-state index contributed by atoms with van der Waals surface area (Å²) >= 11 is 8.54. The fraction of sp³-hybridized carbons (Fsp3) is 0.333. The minimum Gasteiger partial charge on any atom is -0.396 e. The van der Waals surface area contributed by atoms with Crippen molar-refractivity contribution in [2.75, 3.05) is 11.3 Å². The first kappa shape index (κ1) is 20.8. The van der Waals surface area contributed by atoms with Crippen LogP contribution in [0.2, 0.25) is 5.02 Å². The molecule has 0 spiro atoms. The highest BCUT2D eigenvalue weighted by Crippen LogP contribution is 2.47. The Morgan fingerprint density at radius 2 is 2.14 bits per heavy atom. The molecule has 0 atom stereocenters. The number of nitrogens with zero attached hydrogens (tertiary/aromatic N) is 3. The van der Waals surface area contributed by atoms with Gasteiger partial charge in [-0.3, -0.25) is 9.12 Å². The summed E-state index contributed by atoms with van der Waals surface area (Å²) in [5, 5.41) is 17.2. The molecule has 1 aromatic carbocycles. The van der Waals surface area contributed by atoms with E-state index in [0.29, 0.717) is 29.6 Å². The van der Waals surface area contributed by atoms with Gasteiger partial charge in [0.05, 0.1) is 15.5 Å². The molecule has 0 radical (unpaired) electrons. The molecule has 7 nitrogen and oxygen atoms in total. The summed E-state index contributed by atoms with van der Waals surface area (Å²) in [7, 11) is -3.78. The minimum absolute atomic E-state index is 0.0792. The number of fused-ring (bicyclic) bond motifs is 1. The van der Waals surface area contributed by atoms with Crippen LogP contribution in [0.4, 0.5) is 10.1 Å². The first-order chi connectivity index (χ1) is 13.8. The van der Waals surface area contributed by atoms with Crippen LogP contribution in [0.25, 0.3) is 5.65 Å². The van der Waals surface area contributed by atoms with Crippen molar-refractivity contribution < 1.29 is 17.9 Å². The summed E-state index contributed by atoms with van der Waals surface area (Å²) < 4.78 is 44.3. The third-order valence-corrected chi connectivity index (χ3v) is 8.51. The fourth-order valence-electron chi connectivity index (χ4n) is 3.33. The molecule has 1 aliphatic carbocycles. The molecule has 1 saturated carbocycles. The number of aliphatic hydroxyl groups excluding tert-OH is 1.